The van der Waals surface area contributed by atoms with Crippen LogP contribution in [0, 0.1) is 0 Å². The number of rotatable bonds is 5. The Balaban J connectivity index is 1.80. The van der Waals surface area contributed by atoms with Gasteiger partial charge in [-0.2, -0.15) is 0 Å². The highest BCUT2D eigenvalue weighted by atomic mass is 16.4. The van der Waals surface area contributed by atoms with Gasteiger partial charge in [-0.15, -0.1) is 0 Å². The number of carboxylic acid groups (broad SMARTS) is 1. The molecule has 2 aliphatic carbocycles. The Bertz CT molecular complexity index is 1030. The van der Waals surface area contributed by atoms with Gasteiger partial charge in [-0.25, -0.2) is 4.79 Å². The minimum atomic E-state index is -0.903. The van der Waals surface area contributed by atoms with Crippen LogP contribution >= 0.6 is 0 Å². The molecule has 0 spiro atoms. The molecule has 164 valence electrons. The zero-order valence-corrected chi connectivity index (χ0v) is 19.0. The summed E-state index contributed by atoms with van der Waals surface area (Å²) >= 11 is 0. The van der Waals surface area contributed by atoms with Crippen LogP contribution in [0.2, 0.25) is 0 Å². The Morgan fingerprint density at radius 2 is 1.68 bits per heavy atom. The van der Waals surface area contributed by atoms with Crippen LogP contribution in [0.15, 0.2) is 36.4 Å². The fourth-order valence-corrected chi connectivity index (χ4v) is 5.10. The molecule has 4 heteroatoms. The highest BCUT2D eigenvalue weighted by molar-refractivity contribution is 5.96. The van der Waals surface area contributed by atoms with Crippen molar-refractivity contribution in [2.24, 2.45) is 0 Å². The van der Waals surface area contributed by atoms with Crippen molar-refractivity contribution in [1.29, 1.82) is 0 Å². The molecule has 0 bridgehead atoms. The van der Waals surface area contributed by atoms with E-state index in [1.54, 1.807) is 0 Å². The average Bonchev–Trinajstić information content (AvgIpc) is 2.68. The number of aromatic carboxylic acids is 1. The summed E-state index contributed by atoms with van der Waals surface area (Å²) in [5.41, 5.74) is 5.26. The van der Waals surface area contributed by atoms with Crippen LogP contribution in [-0.4, -0.2) is 23.0 Å². The molecule has 0 aliphatic heterocycles. The monoisotopic (exact) mass is 419 g/mol. The molecule has 0 heterocycles. The summed E-state index contributed by atoms with van der Waals surface area (Å²) in [5.74, 6) is -0.928. The zero-order valence-electron chi connectivity index (χ0n) is 19.0. The Hall–Kier alpha value is -2.62. The average molecular weight is 420 g/mol. The van der Waals surface area contributed by atoms with E-state index < -0.39 is 5.97 Å². The smallest absolute Gasteiger partial charge is 0.335 e. The van der Waals surface area contributed by atoms with Gasteiger partial charge < -0.3 is 10.4 Å². The van der Waals surface area contributed by atoms with Crippen LogP contribution in [-0.2, 0) is 17.3 Å². The largest absolute Gasteiger partial charge is 0.478 e. The first kappa shape index (κ1) is 21.6. The molecule has 4 rings (SSSR count). The van der Waals surface area contributed by atoms with Crippen molar-refractivity contribution in [3.63, 3.8) is 0 Å². The SMILES string of the molecule is CC1(C)CCC(C)(C)c2c(Cc3ccccc3C(=O)NC3CCC3)cc(C(=O)O)cc21. The Morgan fingerprint density at radius 1 is 1.00 bits per heavy atom. The standard InChI is InChI=1S/C27H33NO3/c1-26(2)12-13-27(3,4)23-18(15-19(25(30)31)16-22(23)26)14-17-8-5-6-11-21(17)24(29)28-20-9-7-10-20/h5-6,8,11,15-16,20H,7,9-10,12-14H2,1-4H3,(H,28,29)(H,30,31). The van der Waals surface area contributed by atoms with Crippen LogP contribution in [0.1, 0.15) is 103 Å². The van der Waals surface area contributed by atoms with Gasteiger partial charge in [-0.05, 0) is 89.8 Å². The van der Waals surface area contributed by atoms with E-state index in [-0.39, 0.29) is 22.8 Å². The summed E-state index contributed by atoms with van der Waals surface area (Å²) in [6, 6.07) is 11.7. The van der Waals surface area contributed by atoms with E-state index in [0.717, 1.165) is 42.4 Å². The summed E-state index contributed by atoms with van der Waals surface area (Å²) in [6.45, 7) is 8.91. The molecule has 1 saturated carbocycles. The summed E-state index contributed by atoms with van der Waals surface area (Å²) in [7, 11) is 0. The topological polar surface area (TPSA) is 66.4 Å². The van der Waals surface area contributed by atoms with Gasteiger partial charge in [0, 0.05) is 11.6 Å². The lowest BCUT2D eigenvalue weighted by Crippen LogP contribution is -2.39. The third-order valence-electron chi connectivity index (χ3n) is 7.33. The molecule has 4 nitrogen and oxygen atoms in total. The van der Waals surface area contributed by atoms with E-state index in [4.69, 9.17) is 0 Å². The number of amides is 1. The van der Waals surface area contributed by atoms with Crippen LogP contribution in [0.4, 0.5) is 0 Å². The van der Waals surface area contributed by atoms with Crippen molar-refractivity contribution in [3.8, 4) is 0 Å². The Labute approximate surface area is 185 Å². The van der Waals surface area contributed by atoms with Crippen molar-refractivity contribution in [3.05, 3.63) is 69.8 Å². The lowest BCUT2D eigenvalue weighted by Gasteiger charge is -2.43. The third kappa shape index (κ3) is 4.13. The molecule has 2 N–H and O–H groups in total. The first-order valence-corrected chi connectivity index (χ1v) is 11.4. The Morgan fingerprint density at radius 3 is 2.32 bits per heavy atom. The molecule has 0 aromatic heterocycles. The van der Waals surface area contributed by atoms with Crippen molar-refractivity contribution in [2.45, 2.75) is 83.1 Å². The normalized spacial score (nSPS) is 19.2. The maximum atomic E-state index is 12.9. The number of benzene rings is 2. The third-order valence-corrected chi connectivity index (χ3v) is 7.33. The van der Waals surface area contributed by atoms with E-state index in [9.17, 15) is 14.7 Å². The predicted octanol–water partition coefficient (Wildman–Crippen LogP) is 5.61. The van der Waals surface area contributed by atoms with Crippen molar-refractivity contribution >= 4 is 11.9 Å². The van der Waals surface area contributed by atoms with Gasteiger partial charge in [-0.1, -0.05) is 45.9 Å². The number of hydrogen-bond acceptors (Lipinski definition) is 2. The molecule has 1 amide bonds. The molecule has 2 aromatic carbocycles. The first-order chi connectivity index (χ1) is 14.6. The van der Waals surface area contributed by atoms with E-state index in [0.29, 0.717) is 17.5 Å². The quantitative estimate of drug-likeness (QED) is 0.662. The van der Waals surface area contributed by atoms with Gasteiger partial charge in [0.2, 0.25) is 0 Å². The minimum Gasteiger partial charge on any atom is -0.478 e. The van der Waals surface area contributed by atoms with E-state index in [1.807, 2.05) is 36.4 Å². The molecular weight excluding hydrogens is 386 g/mol. The van der Waals surface area contributed by atoms with Crippen LogP contribution in [0.25, 0.3) is 0 Å². The summed E-state index contributed by atoms with van der Waals surface area (Å²) < 4.78 is 0. The van der Waals surface area contributed by atoms with Gasteiger partial charge >= 0.3 is 5.97 Å². The van der Waals surface area contributed by atoms with E-state index >= 15 is 0 Å². The van der Waals surface area contributed by atoms with Crippen molar-refractivity contribution < 1.29 is 14.7 Å². The number of fused-ring (bicyclic) bond motifs is 1. The fourth-order valence-electron chi connectivity index (χ4n) is 5.10. The van der Waals surface area contributed by atoms with Gasteiger partial charge in [-0.3, -0.25) is 4.79 Å². The highest BCUT2D eigenvalue weighted by Crippen LogP contribution is 2.48. The maximum Gasteiger partial charge on any atom is 0.335 e. The van der Waals surface area contributed by atoms with Crippen LogP contribution in [0.3, 0.4) is 0 Å². The lowest BCUT2D eigenvalue weighted by molar-refractivity contribution is 0.0696. The zero-order chi connectivity index (χ0) is 22.4. The van der Waals surface area contributed by atoms with Gasteiger partial charge in [0.25, 0.3) is 5.91 Å². The van der Waals surface area contributed by atoms with Crippen LogP contribution in [0.5, 0.6) is 0 Å². The van der Waals surface area contributed by atoms with Crippen molar-refractivity contribution in [2.75, 3.05) is 0 Å². The fraction of sp³-hybridized carbons (Fsp3) is 0.481. The van der Waals surface area contributed by atoms with E-state index in [1.165, 1.54) is 12.0 Å². The number of nitrogens with one attached hydrogen (secondary N) is 1. The first-order valence-electron chi connectivity index (χ1n) is 11.4. The number of carbonyl (C=O) groups excluding carboxylic acids is 1. The number of carboxylic acids is 1. The molecule has 0 saturated heterocycles. The molecule has 0 unspecified atom stereocenters. The minimum absolute atomic E-state index is 0.0249. The van der Waals surface area contributed by atoms with Gasteiger partial charge in [0.1, 0.15) is 0 Å². The summed E-state index contributed by atoms with van der Waals surface area (Å²) in [5, 5.41) is 12.9. The molecule has 2 aliphatic rings. The molecule has 1 fully saturated rings. The number of hydrogen-bond donors (Lipinski definition) is 2. The van der Waals surface area contributed by atoms with Crippen LogP contribution < -0.4 is 5.32 Å². The second-order valence-corrected chi connectivity index (χ2v) is 10.6. The van der Waals surface area contributed by atoms with E-state index in [2.05, 4.69) is 33.0 Å². The second-order valence-electron chi connectivity index (χ2n) is 10.6. The summed E-state index contributed by atoms with van der Waals surface area (Å²) in [6.07, 6.45) is 5.89. The summed E-state index contributed by atoms with van der Waals surface area (Å²) in [4.78, 5) is 24.9. The Kier molecular flexibility index (Phi) is 5.45. The van der Waals surface area contributed by atoms with Gasteiger partial charge in [0.05, 0.1) is 5.56 Å². The molecule has 0 radical (unpaired) electrons. The molecule has 31 heavy (non-hydrogen) atoms. The molecular formula is C27H33NO3. The number of carbonyl (C=O) groups is 2. The second kappa shape index (κ2) is 7.81. The molecule has 0 atom stereocenters. The maximum absolute atomic E-state index is 12.9. The predicted molar refractivity (Wildman–Crippen MR) is 123 cm³/mol. The van der Waals surface area contributed by atoms with Crippen molar-refractivity contribution in [1.82, 2.24) is 5.32 Å². The molecule has 2 aromatic rings. The lowest BCUT2D eigenvalue weighted by atomic mass is 9.61. The highest BCUT2D eigenvalue weighted by Gasteiger charge is 2.39. The van der Waals surface area contributed by atoms with Gasteiger partial charge in [0.15, 0.2) is 0 Å².